The molecule has 0 saturated heterocycles. The average Bonchev–Trinajstić information content (AvgIpc) is 3.51. The Kier molecular flexibility index (Phi) is 42.6. The van der Waals surface area contributed by atoms with Gasteiger partial charge in [0, 0.05) is 144 Å². The van der Waals surface area contributed by atoms with Crippen LogP contribution >= 0.6 is 0 Å². The molecular formula is C56H68N18O10Zn+4. The van der Waals surface area contributed by atoms with Gasteiger partial charge in [0.2, 0.25) is 0 Å². The summed E-state index contributed by atoms with van der Waals surface area (Å²) in [7, 11) is 0. The molecule has 8 aromatic heterocycles. The molecule has 0 amide bonds. The van der Waals surface area contributed by atoms with Crippen molar-refractivity contribution in [3.63, 3.8) is 0 Å². The van der Waals surface area contributed by atoms with Crippen molar-refractivity contribution in [1.29, 1.82) is 0 Å². The fraction of sp³-hybridized carbons (Fsp3) is 0.143. The normalized spacial score (nSPS) is 11.2. The van der Waals surface area contributed by atoms with Crippen LogP contribution in [0.1, 0.15) is 99.9 Å². The van der Waals surface area contributed by atoms with Crippen molar-refractivity contribution in [3.05, 3.63) is 271 Å². The standard InChI is InChI=1S/4C14H14N4.2NO3.4H2O.Zn/c4*1-11(13-5-3-7-15-9-13)17-18-12(2)14-6-4-8-16-10-14;2*2-1(3)4;;;;;/h4*3-10H,1-2H3;;;4*1H2;/q;;;;2*-1;;;;;+2/p+4/b4*17-11+,18-12+;;;;;;;. The molecule has 8 aromatic rings. The Balaban J connectivity index is -0.000000991. The quantitative estimate of drug-likeness (QED) is 0.0405. The van der Waals surface area contributed by atoms with E-state index in [2.05, 4.69) is 80.7 Å². The van der Waals surface area contributed by atoms with Crippen LogP contribution < -0.4 is 0 Å². The van der Waals surface area contributed by atoms with Crippen LogP contribution in [0.2, 0.25) is 0 Å². The predicted molar refractivity (Wildman–Crippen MR) is 332 cm³/mol. The first kappa shape index (κ1) is 78.6. The van der Waals surface area contributed by atoms with Crippen molar-refractivity contribution in [1.82, 2.24) is 39.9 Å². The van der Waals surface area contributed by atoms with Crippen LogP contribution in [0.5, 0.6) is 0 Å². The maximum Gasteiger partial charge on any atom is 2.00 e. The largest absolute Gasteiger partial charge is 2.00 e. The molecule has 28 nitrogen and oxygen atoms in total. The third kappa shape index (κ3) is 33.7. The summed E-state index contributed by atoms with van der Waals surface area (Å²) in [5.41, 5.74) is 14.5. The molecule has 85 heavy (non-hydrogen) atoms. The van der Waals surface area contributed by atoms with E-state index in [9.17, 15) is 0 Å². The minimum absolute atomic E-state index is 0. The van der Waals surface area contributed by atoms with Crippen LogP contribution in [0.15, 0.2) is 237 Å². The molecule has 29 heteroatoms. The van der Waals surface area contributed by atoms with E-state index in [1.807, 2.05) is 152 Å². The summed E-state index contributed by atoms with van der Waals surface area (Å²) in [5.74, 6) is 0. The third-order valence-electron chi connectivity index (χ3n) is 10.0. The summed E-state index contributed by atoms with van der Waals surface area (Å²) in [6, 6.07) is 30.7. The first-order chi connectivity index (χ1) is 38.5. The van der Waals surface area contributed by atoms with E-state index in [-0.39, 0.29) is 41.4 Å². The molecule has 0 radical (unpaired) electrons. The summed E-state index contributed by atoms with van der Waals surface area (Å²) < 4.78 is 0. The monoisotopic (exact) mass is 1220 g/mol. The summed E-state index contributed by atoms with van der Waals surface area (Å²) in [6.45, 7) is 15.3. The number of hydrogen-bond donors (Lipinski definition) is 0. The van der Waals surface area contributed by atoms with Crippen molar-refractivity contribution >= 4 is 45.7 Å². The van der Waals surface area contributed by atoms with Crippen LogP contribution in [0.25, 0.3) is 0 Å². The topological polar surface area (TPSA) is 466 Å². The first-order valence-corrected chi connectivity index (χ1v) is 23.8. The van der Waals surface area contributed by atoms with Crippen LogP contribution in [-0.4, -0.2) is 95.7 Å². The molecule has 0 fully saturated rings. The molecule has 0 bridgehead atoms. The van der Waals surface area contributed by atoms with Gasteiger partial charge in [-0.25, -0.2) is 0 Å². The van der Waals surface area contributed by atoms with Crippen molar-refractivity contribution in [2.75, 3.05) is 0 Å². The third-order valence-corrected chi connectivity index (χ3v) is 10.0. The number of hydrogen-bond acceptors (Lipinski definition) is 22. The molecule has 8 heterocycles. The van der Waals surface area contributed by atoms with Crippen LogP contribution in [0, 0.1) is 30.6 Å². The average molecular weight is 1220 g/mol. The van der Waals surface area contributed by atoms with Gasteiger partial charge in [0.1, 0.15) is 0 Å². The number of aromatic nitrogens is 8. The second-order valence-corrected chi connectivity index (χ2v) is 15.9. The van der Waals surface area contributed by atoms with Crippen LogP contribution in [-0.2, 0) is 41.4 Å². The van der Waals surface area contributed by atoms with E-state index in [0.717, 1.165) is 90.2 Å². The molecule has 12 N–H and O–H groups in total. The van der Waals surface area contributed by atoms with Crippen molar-refractivity contribution in [2.24, 2.45) is 40.8 Å². The van der Waals surface area contributed by atoms with Crippen LogP contribution in [0.4, 0.5) is 0 Å². The molecule has 0 aliphatic rings. The van der Waals surface area contributed by atoms with Gasteiger partial charge in [-0.3, -0.25) is 39.9 Å². The Hall–Kier alpha value is -10.6. The van der Waals surface area contributed by atoms with Gasteiger partial charge in [-0.05, 0) is 104 Å². The van der Waals surface area contributed by atoms with E-state index in [0.29, 0.717) is 0 Å². The van der Waals surface area contributed by atoms with E-state index < -0.39 is 10.2 Å². The molecule has 0 aliphatic carbocycles. The fourth-order valence-electron chi connectivity index (χ4n) is 5.68. The second kappa shape index (κ2) is 46.1. The van der Waals surface area contributed by atoms with E-state index >= 15 is 0 Å². The minimum Gasteiger partial charge on any atom is -0.457 e. The first-order valence-electron chi connectivity index (χ1n) is 23.8. The molecule has 8 rings (SSSR count). The number of pyridine rings is 8. The fourth-order valence-corrected chi connectivity index (χ4v) is 5.68. The van der Waals surface area contributed by atoms with Crippen molar-refractivity contribution in [3.8, 4) is 0 Å². The molecule has 0 atom stereocenters. The molecule has 0 unspecified atom stereocenters. The Bertz CT molecular complexity index is 2700. The Morgan fingerprint density at radius 1 is 0.271 bits per heavy atom. The molecule has 0 aromatic carbocycles. The SMILES string of the molecule is C/C(=N\N=C(/C)c1cccnc1)c1cccnc1.C/C(=N\N=C(/C)c1cccnc1)c1cccnc1.C/C(=N\N=C(/C)c1cccnc1)c1cccnc1.C/C(=N\N=C(/C)c1cccnc1)c1cccnc1.O=[N+]([O-])[O-].O=[N+]([O-])[O-].[OH3+].[OH3+].[OH3+].[OH3+].[Zn+2]. The van der Waals surface area contributed by atoms with Gasteiger partial charge in [-0.2, -0.15) is 40.8 Å². The summed E-state index contributed by atoms with van der Waals surface area (Å²) in [4.78, 5) is 48.9. The van der Waals surface area contributed by atoms with Crippen molar-refractivity contribution in [2.45, 2.75) is 55.4 Å². The van der Waals surface area contributed by atoms with Gasteiger partial charge in [0.05, 0.1) is 55.9 Å². The zero-order chi connectivity index (χ0) is 58.3. The summed E-state index contributed by atoms with van der Waals surface area (Å²) >= 11 is 0. The van der Waals surface area contributed by atoms with Gasteiger partial charge in [-0.1, -0.05) is 48.5 Å². The maximum atomic E-state index is 8.25. The molecule has 0 spiro atoms. The Morgan fingerprint density at radius 3 is 0.435 bits per heavy atom. The smallest absolute Gasteiger partial charge is 0.457 e. The van der Waals surface area contributed by atoms with E-state index in [4.69, 9.17) is 30.6 Å². The molecule has 0 aliphatic heterocycles. The Labute approximate surface area is 502 Å². The summed E-state index contributed by atoms with van der Waals surface area (Å²) in [6.07, 6.45) is 28.1. The predicted octanol–water partition coefficient (Wildman–Crippen LogP) is 6.67. The maximum absolute atomic E-state index is 8.25. The second-order valence-electron chi connectivity index (χ2n) is 15.9. The van der Waals surface area contributed by atoms with E-state index in [1.165, 1.54) is 0 Å². The van der Waals surface area contributed by atoms with Gasteiger partial charge in [-0.15, -0.1) is 0 Å². The van der Waals surface area contributed by atoms with E-state index in [1.54, 1.807) is 99.1 Å². The number of rotatable bonds is 12. The zero-order valence-corrected chi connectivity index (χ0v) is 51.0. The van der Waals surface area contributed by atoms with Crippen LogP contribution in [0.3, 0.4) is 0 Å². The summed E-state index contributed by atoms with van der Waals surface area (Å²) in [5, 5.41) is 63.2. The molecular weight excluding hydrogens is 1150 g/mol. The number of nitrogens with zero attached hydrogens (tertiary/aromatic N) is 18. The van der Waals surface area contributed by atoms with Gasteiger partial charge < -0.3 is 52.5 Å². The van der Waals surface area contributed by atoms with Crippen molar-refractivity contribution < 1.29 is 51.6 Å². The minimum atomic E-state index is -1.75. The van der Waals surface area contributed by atoms with Gasteiger partial charge in [0.15, 0.2) is 0 Å². The molecule has 440 valence electrons. The molecule has 0 saturated carbocycles. The van der Waals surface area contributed by atoms with Gasteiger partial charge >= 0.3 is 19.5 Å². The zero-order valence-electron chi connectivity index (χ0n) is 48.0. The van der Waals surface area contributed by atoms with Gasteiger partial charge in [0.25, 0.3) is 0 Å². The Morgan fingerprint density at radius 2 is 0.365 bits per heavy atom.